The van der Waals surface area contributed by atoms with Crippen LogP contribution in [0.1, 0.15) is 26.5 Å². The van der Waals surface area contributed by atoms with Crippen LogP contribution in [-0.2, 0) is 11.3 Å². The van der Waals surface area contributed by atoms with Crippen LogP contribution in [0.3, 0.4) is 0 Å². The smallest absolute Gasteiger partial charge is 0.268 e. The molecule has 0 radical (unpaired) electrons. The second-order valence-corrected chi connectivity index (χ2v) is 11.6. The molecule has 6 aromatic rings. The van der Waals surface area contributed by atoms with E-state index in [1.807, 2.05) is 48.5 Å². The number of primary amides is 1. The molecular formula is C31H25N5O3S2. The molecule has 0 fully saturated rings. The van der Waals surface area contributed by atoms with Crippen LogP contribution < -0.4 is 16.0 Å². The number of carbonyl (C=O) groups is 3. The summed E-state index contributed by atoms with van der Waals surface area (Å²) in [5.74, 6) is -0.606. The first-order valence-electron chi connectivity index (χ1n) is 12.9. The lowest BCUT2D eigenvalue weighted by Crippen LogP contribution is -2.26. The lowest BCUT2D eigenvalue weighted by molar-refractivity contribution is -0.118. The van der Waals surface area contributed by atoms with Crippen molar-refractivity contribution in [1.29, 1.82) is 0 Å². The molecule has 0 atom stereocenters. The fourth-order valence-corrected chi connectivity index (χ4v) is 6.67. The summed E-state index contributed by atoms with van der Waals surface area (Å²) in [6, 6.07) is 28.5. The average molecular weight is 580 g/mol. The number of aromatic nitrogens is 2. The number of amides is 3. The van der Waals surface area contributed by atoms with E-state index in [1.165, 1.54) is 21.4 Å². The maximum absolute atomic E-state index is 13.3. The summed E-state index contributed by atoms with van der Waals surface area (Å²) >= 11 is 3.10. The summed E-state index contributed by atoms with van der Waals surface area (Å²) in [5.41, 5.74) is 7.94. The SMILES string of the molecule is CN(C(=O)c1ccccc1)c1ccc2c(c1)nc(NC(=O)c1ccc(-c3cc4ccccc4s3)s1)n2CCC(N)=O. The summed E-state index contributed by atoms with van der Waals surface area (Å²) in [5, 5.41) is 4.09. The third-order valence-corrected chi connectivity index (χ3v) is 9.15. The van der Waals surface area contributed by atoms with Gasteiger partial charge < -0.3 is 15.2 Å². The lowest BCUT2D eigenvalue weighted by atomic mass is 10.2. The molecule has 0 aliphatic heterocycles. The maximum Gasteiger partial charge on any atom is 0.268 e. The third kappa shape index (κ3) is 5.34. The molecule has 8 nitrogen and oxygen atoms in total. The van der Waals surface area contributed by atoms with Crippen molar-refractivity contribution in [3.05, 3.63) is 101 Å². The van der Waals surface area contributed by atoms with E-state index >= 15 is 0 Å². The lowest BCUT2D eigenvalue weighted by Gasteiger charge is -2.17. The molecule has 0 aliphatic rings. The molecule has 6 rings (SSSR count). The number of benzene rings is 3. The van der Waals surface area contributed by atoms with Gasteiger partial charge in [0.05, 0.1) is 15.9 Å². The number of fused-ring (bicyclic) bond motifs is 2. The first-order valence-corrected chi connectivity index (χ1v) is 14.5. The minimum atomic E-state index is -0.458. The van der Waals surface area contributed by atoms with Crippen LogP contribution in [-0.4, -0.2) is 34.3 Å². The highest BCUT2D eigenvalue weighted by Gasteiger charge is 2.19. The Bertz CT molecular complexity index is 1890. The quantitative estimate of drug-likeness (QED) is 0.218. The molecule has 0 saturated carbocycles. The first-order chi connectivity index (χ1) is 19.9. The number of nitrogens with one attached hydrogen (secondary N) is 1. The summed E-state index contributed by atoms with van der Waals surface area (Å²) < 4.78 is 2.96. The van der Waals surface area contributed by atoms with Gasteiger partial charge in [0.2, 0.25) is 11.9 Å². The van der Waals surface area contributed by atoms with Crippen LogP contribution in [0.2, 0.25) is 0 Å². The van der Waals surface area contributed by atoms with E-state index in [0.717, 1.165) is 9.75 Å². The highest BCUT2D eigenvalue weighted by atomic mass is 32.1. The Morgan fingerprint density at radius 3 is 2.46 bits per heavy atom. The van der Waals surface area contributed by atoms with Gasteiger partial charge in [-0.2, -0.15) is 0 Å². The van der Waals surface area contributed by atoms with E-state index in [4.69, 9.17) is 5.73 Å². The van der Waals surface area contributed by atoms with Crippen molar-refractivity contribution < 1.29 is 14.4 Å². The van der Waals surface area contributed by atoms with Gasteiger partial charge in [-0.3, -0.25) is 19.7 Å². The Balaban J connectivity index is 1.28. The first kappa shape index (κ1) is 26.4. The fourth-order valence-electron chi connectivity index (χ4n) is 4.62. The molecule has 0 saturated heterocycles. The molecule has 3 heterocycles. The fraction of sp³-hybridized carbons (Fsp3) is 0.0968. The zero-order valence-electron chi connectivity index (χ0n) is 22.0. The largest absolute Gasteiger partial charge is 0.370 e. The molecule has 3 aromatic carbocycles. The van der Waals surface area contributed by atoms with Gasteiger partial charge in [-0.15, -0.1) is 22.7 Å². The minimum Gasteiger partial charge on any atom is -0.370 e. The number of rotatable bonds is 8. The molecule has 41 heavy (non-hydrogen) atoms. The predicted octanol–water partition coefficient (Wildman–Crippen LogP) is 6.38. The van der Waals surface area contributed by atoms with Crippen molar-refractivity contribution in [3.8, 4) is 9.75 Å². The van der Waals surface area contributed by atoms with Gasteiger partial charge in [-0.25, -0.2) is 4.98 Å². The highest BCUT2D eigenvalue weighted by Crippen LogP contribution is 2.37. The molecule has 3 aromatic heterocycles. The van der Waals surface area contributed by atoms with Crippen LogP contribution >= 0.6 is 22.7 Å². The number of imidazole rings is 1. The third-order valence-electron chi connectivity index (χ3n) is 6.75. The molecule has 204 valence electrons. The van der Waals surface area contributed by atoms with Crippen LogP contribution in [0.4, 0.5) is 11.6 Å². The zero-order valence-corrected chi connectivity index (χ0v) is 23.7. The van der Waals surface area contributed by atoms with Crippen LogP contribution in [0.15, 0.2) is 91.0 Å². The Kier molecular flexibility index (Phi) is 7.08. The number of anilines is 2. The number of nitrogens with zero attached hydrogens (tertiary/aromatic N) is 3. The van der Waals surface area contributed by atoms with Gasteiger partial charge >= 0.3 is 0 Å². The van der Waals surface area contributed by atoms with Crippen LogP contribution in [0, 0.1) is 0 Å². The topological polar surface area (TPSA) is 110 Å². The minimum absolute atomic E-state index is 0.0809. The number of aryl methyl sites for hydroxylation is 1. The van der Waals surface area contributed by atoms with Gasteiger partial charge in [0.15, 0.2) is 0 Å². The van der Waals surface area contributed by atoms with Gasteiger partial charge in [-0.05, 0) is 60.0 Å². The number of hydrogen-bond acceptors (Lipinski definition) is 6. The number of nitrogens with two attached hydrogens (primary N) is 1. The van der Waals surface area contributed by atoms with E-state index in [-0.39, 0.29) is 24.8 Å². The Hall–Kier alpha value is -4.80. The number of thiophene rings is 2. The molecule has 0 aliphatic carbocycles. The summed E-state index contributed by atoms with van der Waals surface area (Å²) in [7, 11) is 1.70. The highest BCUT2D eigenvalue weighted by molar-refractivity contribution is 7.26. The second kappa shape index (κ2) is 11.0. The normalized spacial score (nSPS) is 11.1. The Labute approximate surface area is 243 Å². The van der Waals surface area contributed by atoms with E-state index in [9.17, 15) is 14.4 Å². The second-order valence-electron chi connectivity index (χ2n) is 9.47. The summed E-state index contributed by atoms with van der Waals surface area (Å²) in [6.45, 7) is 0.247. The summed E-state index contributed by atoms with van der Waals surface area (Å²) in [4.78, 5) is 46.8. The molecule has 10 heteroatoms. The molecular weight excluding hydrogens is 555 g/mol. The molecule has 0 bridgehead atoms. The van der Waals surface area contributed by atoms with Crippen LogP contribution in [0.25, 0.3) is 30.9 Å². The van der Waals surface area contributed by atoms with E-state index in [1.54, 1.807) is 52.1 Å². The van der Waals surface area contributed by atoms with Crippen molar-refractivity contribution in [1.82, 2.24) is 9.55 Å². The van der Waals surface area contributed by atoms with E-state index in [2.05, 4.69) is 28.5 Å². The van der Waals surface area contributed by atoms with Crippen molar-refractivity contribution >= 4 is 73.2 Å². The van der Waals surface area contributed by atoms with Gasteiger partial charge in [0, 0.05) is 45.7 Å². The molecule has 3 amide bonds. The predicted molar refractivity (Wildman–Crippen MR) is 166 cm³/mol. The van der Waals surface area contributed by atoms with Gasteiger partial charge in [0.1, 0.15) is 0 Å². The van der Waals surface area contributed by atoms with E-state index in [0.29, 0.717) is 33.1 Å². The van der Waals surface area contributed by atoms with E-state index < -0.39 is 5.91 Å². The Morgan fingerprint density at radius 1 is 0.902 bits per heavy atom. The average Bonchev–Trinajstić information content (AvgIpc) is 3.72. The number of hydrogen-bond donors (Lipinski definition) is 2. The zero-order chi connectivity index (χ0) is 28.5. The molecule has 0 unspecified atom stereocenters. The van der Waals surface area contributed by atoms with Crippen molar-refractivity contribution in [2.75, 3.05) is 17.3 Å². The van der Waals surface area contributed by atoms with Crippen molar-refractivity contribution in [2.45, 2.75) is 13.0 Å². The molecule has 3 N–H and O–H groups in total. The number of carbonyl (C=O) groups excluding carboxylic acids is 3. The monoisotopic (exact) mass is 579 g/mol. The van der Waals surface area contributed by atoms with Crippen molar-refractivity contribution in [2.24, 2.45) is 5.73 Å². The summed E-state index contributed by atoms with van der Waals surface area (Å²) in [6.07, 6.45) is 0.0809. The van der Waals surface area contributed by atoms with Crippen LogP contribution in [0.5, 0.6) is 0 Å². The standard InChI is InChI=1S/C31H25N5O3S2/c1-35(30(39)19-7-3-2-4-8-19)21-11-12-23-22(18-21)33-31(36(23)16-15-28(32)37)34-29(38)26-14-13-25(41-26)27-17-20-9-5-6-10-24(20)40-27/h2-14,17-18H,15-16H2,1H3,(H2,32,37)(H,33,34,38). The van der Waals surface area contributed by atoms with Gasteiger partial charge in [0.25, 0.3) is 11.8 Å². The van der Waals surface area contributed by atoms with Gasteiger partial charge in [-0.1, -0.05) is 36.4 Å². The maximum atomic E-state index is 13.3. The van der Waals surface area contributed by atoms with Crippen molar-refractivity contribution in [3.63, 3.8) is 0 Å². The molecule has 0 spiro atoms. The Morgan fingerprint density at radius 2 is 1.68 bits per heavy atom.